The van der Waals surface area contributed by atoms with Crippen LogP contribution in [-0.2, 0) is 9.47 Å². The van der Waals surface area contributed by atoms with Gasteiger partial charge in [-0.25, -0.2) is 4.79 Å². The standard InChI is InChI=1S/C22H33NO3/c24-22(23-10-12-25-13-11-23)26-17-6-9-19-16(14-17)5-8-20-18-3-1-2-15(18)4-7-21(19)20/h14-15,17-21H,1-13H2. The predicted molar refractivity (Wildman–Crippen MR) is 99.7 cm³/mol. The van der Waals surface area contributed by atoms with E-state index in [0.29, 0.717) is 26.3 Å². The Morgan fingerprint density at radius 2 is 1.85 bits per heavy atom. The molecule has 4 heteroatoms. The molecular weight excluding hydrogens is 326 g/mol. The Kier molecular flexibility index (Phi) is 4.72. The summed E-state index contributed by atoms with van der Waals surface area (Å²) in [5.74, 6) is 4.78. The van der Waals surface area contributed by atoms with Crippen molar-refractivity contribution >= 4 is 6.09 Å². The van der Waals surface area contributed by atoms with E-state index < -0.39 is 0 Å². The van der Waals surface area contributed by atoms with E-state index >= 15 is 0 Å². The van der Waals surface area contributed by atoms with Crippen LogP contribution in [-0.4, -0.2) is 43.4 Å². The van der Waals surface area contributed by atoms with Crippen LogP contribution in [0.5, 0.6) is 0 Å². The fourth-order valence-electron chi connectivity index (χ4n) is 6.96. The average Bonchev–Trinajstić information content (AvgIpc) is 3.17. The lowest BCUT2D eigenvalue weighted by Crippen LogP contribution is -2.44. The summed E-state index contributed by atoms with van der Waals surface area (Å²) >= 11 is 0. The average molecular weight is 360 g/mol. The fraction of sp³-hybridized carbons (Fsp3) is 0.864. The summed E-state index contributed by atoms with van der Waals surface area (Å²) in [6.45, 7) is 2.59. The summed E-state index contributed by atoms with van der Waals surface area (Å²) in [5, 5.41) is 0. The molecule has 3 saturated carbocycles. The number of carbonyl (C=O) groups excluding carboxylic acids is 1. The van der Waals surface area contributed by atoms with E-state index in [-0.39, 0.29) is 12.2 Å². The summed E-state index contributed by atoms with van der Waals surface area (Å²) < 4.78 is 11.2. The summed E-state index contributed by atoms with van der Waals surface area (Å²) in [4.78, 5) is 14.2. The van der Waals surface area contributed by atoms with Gasteiger partial charge >= 0.3 is 6.09 Å². The molecule has 144 valence electrons. The van der Waals surface area contributed by atoms with E-state index in [4.69, 9.17) is 9.47 Å². The molecule has 1 saturated heterocycles. The van der Waals surface area contributed by atoms with E-state index in [0.717, 1.165) is 36.0 Å². The molecule has 4 fully saturated rings. The number of nitrogens with zero attached hydrogens (tertiary/aromatic N) is 1. The lowest BCUT2D eigenvalue weighted by Gasteiger charge is -2.49. The van der Waals surface area contributed by atoms with Crippen molar-refractivity contribution in [3.63, 3.8) is 0 Å². The third kappa shape index (κ3) is 3.08. The molecule has 4 aliphatic carbocycles. The van der Waals surface area contributed by atoms with Gasteiger partial charge in [0.15, 0.2) is 0 Å². The maximum atomic E-state index is 12.4. The van der Waals surface area contributed by atoms with E-state index in [1.165, 1.54) is 51.4 Å². The van der Waals surface area contributed by atoms with Crippen molar-refractivity contribution in [1.29, 1.82) is 0 Å². The van der Waals surface area contributed by atoms with Crippen molar-refractivity contribution in [2.24, 2.45) is 29.6 Å². The Morgan fingerprint density at radius 1 is 0.962 bits per heavy atom. The highest BCUT2D eigenvalue weighted by Crippen LogP contribution is 2.56. The van der Waals surface area contributed by atoms with Crippen LogP contribution in [0.3, 0.4) is 0 Å². The number of carbonyl (C=O) groups is 1. The Morgan fingerprint density at radius 3 is 2.73 bits per heavy atom. The lowest BCUT2D eigenvalue weighted by molar-refractivity contribution is 0.0101. The fourth-order valence-corrected chi connectivity index (χ4v) is 6.96. The monoisotopic (exact) mass is 359 g/mol. The SMILES string of the molecule is O=C(OC1C=C2CCC3C4CCCC4CCC3C2CC1)N1CCOCC1. The van der Waals surface area contributed by atoms with Gasteiger partial charge in [-0.15, -0.1) is 0 Å². The van der Waals surface area contributed by atoms with Crippen molar-refractivity contribution in [1.82, 2.24) is 4.90 Å². The Balaban J connectivity index is 1.24. The second-order valence-corrected chi connectivity index (χ2v) is 9.25. The summed E-state index contributed by atoms with van der Waals surface area (Å²) in [7, 11) is 0. The maximum Gasteiger partial charge on any atom is 0.410 e. The molecule has 0 bridgehead atoms. The molecule has 1 heterocycles. The minimum atomic E-state index is -0.145. The van der Waals surface area contributed by atoms with Crippen LogP contribution in [0.1, 0.15) is 57.8 Å². The first-order chi connectivity index (χ1) is 12.8. The van der Waals surface area contributed by atoms with Crippen LogP contribution in [0.25, 0.3) is 0 Å². The van der Waals surface area contributed by atoms with Gasteiger partial charge in [-0.2, -0.15) is 0 Å². The first-order valence-corrected chi connectivity index (χ1v) is 11.0. The molecule has 0 N–H and O–H groups in total. The molecular formula is C22H33NO3. The number of hydrogen-bond donors (Lipinski definition) is 0. The highest BCUT2D eigenvalue weighted by Gasteiger charge is 2.47. The number of rotatable bonds is 1. The Hall–Kier alpha value is -1.03. The molecule has 6 unspecified atom stereocenters. The molecule has 1 aliphatic heterocycles. The number of hydrogen-bond acceptors (Lipinski definition) is 3. The molecule has 0 aromatic carbocycles. The number of morpholine rings is 1. The first kappa shape index (κ1) is 17.1. The maximum absolute atomic E-state index is 12.4. The van der Waals surface area contributed by atoms with E-state index in [1.807, 2.05) is 0 Å². The van der Waals surface area contributed by atoms with Gasteiger partial charge in [0.2, 0.25) is 0 Å². The van der Waals surface area contributed by atoms with E-state index in [2.05, 4.69) is 6.08 Å². The van der Waals surface area contributed by atoms with Crippen LogP contribution in [0.2, 0.25) is 0 Å². The molecule has 6 atom stereocenters. The summed E-state index contributed by atoms with van der Waals surface area (Å²) in [5.41, 5.74) is 1.62. The third-order valence-corrected chi connectivity index (χ3v) is 8.13. The largest absolute Gasteiger partial charge is 0.442 e. The lowest BCUT2D eigenvalue weighted by atomic mass is 9.56. The predicted octanol–water partition coefficient (Wildman–Crippen LogP) is 4.40. The van der Waals surface area contributed by atoms with Gasteiger partial charge in [-0.05, 0) is 80.6 Å². The Labute approximate surface area is 157 Å². The number of amides is 1. The van der Waals surface area contributed by atoms with Gasteiger partial charge in [0.1, 0.15) is 6.10 Å². The van der Waals surface area contributed by atoms with Crippen molar-refractivity contribution in [2.45, 2.75) is 63.9 Å². The van der Waals surface area contributed by atoms with Gasteiger partial charge < -0.3 is 14.4 Å². The quantitative estimate of drug-likeness (QED) is 0.652. The van der Waals surface area contributed by atoms with Crippen molar-refractivity contribution in [2.75, 3.05) is 26.3 Å². The second-order valence-electron chi connectivity index (χ2n) is 9.25. The minimum Gasteiger partial charge on any atom is -0.442 e. The number of fused-ring (bicyclic) bond motifs is 5. The molecule has 26 heavy (non-hydrogen) atoms. The zero-order valence-corrected chi connectivity index (χ0v) is 15.9. The molecule has 4 nitrogen and oxygen atoms in total. The Bertz CT molecular complexity index is 568. The molecule has 5 rings (SSSR count). The van der Waals surface area contributed by atoms with Gasteiger partial charge in [-0.3, -0.25) is 0 Å². The van der Waals surface area contributed by atoms with Crippen LogP contribution >= 0.6 is 0 Å². The smallest absolute Gasteiger partial charge is 0.410 e. The van der Waals surface area contributed by atoms with Crippen molar-refractivity contribution < 1.29 is 14.3 Å². The van der Waals surface area contributed by atoms with Gasteiger partial charge in [-0.1, -0.05) is 18.4 Å². The third-order valence-electron chi connectivity index (χ3n) is 8.13. The molecule has 0 aromatic heterocycles. The molecule has 0 spiro atoms. The van der Waals surface area contributed by atoms with Crippen LogP contribution in [0.4, 0.5) is 4.79 Å². The normalized spacial score (nSPS) is 42.3. The van der Waals surface area contributed by atoms with Gasteiger partial charge in [0.25, 0.3) is 0 Å². The minimum absolute atomic E-state index is 0.00374. The first-order valence-electron chi connectivity index (χ1n) is 11.0. The van der Waals surface area contributed by atoms with Crippen LogP contribution < -0.4 is 0 Å². The van der Waals surface area contributed by atoms with E-state index in [9.17, 15) is 4.79 Å². The van der Waals surface area contributed by atoms with Gasteiger partial charge in [0.05, 0.1) is 13.2 Å². The molecule has 0 radical (unpaired) electrons. The number of allylic oxidation sites excluding steroid dienone is 1. The van der Waals surface area contributed by atoms with Crippen molar-refractivity contribution in [3.05, 3.63) is 11.6 Å². The van der Waals surface area contributed by atoms with Gasteiger partial charge in [0, 0.05) is 13.1 Å². The van der Waals surface area contributed by atoms with Crippen LogP contribution in [0, 0.1) is 29.6 Å². The van der Waals surface area contributed by atoms with Crippen LogP contribution in [0.15, 0.2) is 11.6 Å². The zero-order valence-electron chi connectivity index (χ0n) is 15.9. The highest BCUT2D eigenvalue weighted by molar-refractivity contribution is 5.68. The second kappa shape index (κ2) is 7.18. The molecule has 1 amide bonds. The summed E-state index contributed by atoms with van der Waals surface area (Å²) in [6.07, 6.45) is 14.5. The highest BCUT2D eigenvalue weighted by atomic mass is 16.6. The summed E-state index contributed by atoms with van der Waals surface area (Å²) in [6, 6.07) is 0. The van der Waals surface area contributed by atoms with Crippen molar-refractivity contribution in [3.8, 4) is 0 Å². The zero-order chi connectivity index (χ0) is 17.5. The molecule has 0 aromatic rings. The topological polar surface area (TPSA) is 38.8 Å². The number of ether oxygens (including phenoxy) is 2. The van der Waals surface area contributed by atoms with E-state index in [1.54, 1.807) is 10.5 Å². The molecule has 5 aliphatic rings.